The summed E-state index contributed by atoms with van der Waals surface area (Å²) in [4.78, 5) is 12.9. The van der Waals surface area contributed by atoms with Crippen molar-refractivity contribution in [3.8, 4) is 11.5 Å². The number of oxazole rings is 1. The van der Waals surface area contributed by atoms with Crippen LogP contribution in [0.5, 0.6) is 0 Å². The Morgan fingerprint density at radius 1 is 1.14 bits per heavy atom. The summed E-state index contributed by atoms with van der Waals surface area (Å²) < 4.78 is 18.3. The van der Waals surface area contributed by atoms with Gasteiger partial charge in [-0.1, -0.05) is 0 Å². The Kier molecular flexibility index (Phi) is 5.14. The molecule has 0 N–H and O–H groups in total. The SMILES string of the molecule is CN(C)C(=NCCc1coc(-c2ccc(F)cc2)n1)N(C)C. The average Bonchev–Trinajstić information content (AvgIpc) is 2.92. The summed E-state index contributed by atoms with van der Waals surface area (Å²) >= 11 is 0. The fourth-order valence-corrected chi connectivity index (χ4v) is 2.10. The van der Waals surface area contributed by atoms with Crippen molar-refractivity contribution in [2.45, 2.75) is 6.42 Å². The molecular formula is C16H21FN4O. The highest BCUT2D eigenvalue weighted by Crippen LogP contribution is 2.19. The van der Waals surface area contributed by atoms with Crippen LogP contribution in [0.2, 0.25) is 0 Å². The molecule has 5 nitrogen and oxygen atoms in total. The molecule has 0 spiro atoms. The van der Waals surface area contributed by atoms with Gasteiger partial charge in [-0.25, -0.2) is 9.37 Å². The molecule has 2 aromatic rings. The standard InChI is InChI=1S/C16H21FN4O/c1-20(2)16(21(3)4)18-10-9-14-11-22-15(19-14)12-5-7-13(17)8-6-12/h5-8,11H,9-10H2,1-4H3. The van der Waals surface area contributed by atoms with Crippen LogP contribution in [0.25, 0.3) is 11.5 Å². The lowest BCUT2D eigenvalue weighted by Gasteiger charge is -2.22. The molecule has 0 aliphatic carbocycles. The van der Waals surface area contributed by atoms with Crippen LogP contribution in [0, 0.1) is 5.82 Å². The number of aromatic nitrogens is 1. The van der Waals surface area contributed by atoms with Gasteiger partial charge in [-0.05, 0) is 24.3 Å². The van der Waals surface area contributed by atoms with Crippen molar-refractivity contribution in [1.82, 2.24) is 14.8 Å². The lowest BCUT2D eigenvalue weighted by Crippen LogP contribution is -2.35. The third-order valence-electron chi connectivity index (χ3n) is 3.06. The number of guanidine groups is 1. The molecule has 0 aliphatic rings. The largest absolute Gasteiger partial charge is 0.444 e. The van der Waals surface area contributed by atoms with E-state index in [0.29, 0.717) is 18.9 Å². The Balaban J connectivity index is 2.00. The van der Waals surface area contributed by atoms with Crippen molar-refractivity contribution >= 4 is 5.96 Å². The van der Waals surface area contributed by atoms with E-state index < -0.39 is 0 Å². The monoisotopic (exact) mass is 304 g/mol. The second kappa shape index (κ2) is 7.06. The summed E-state index contributed by atoms with van der Waals surface area (Å²) in [5.74, 6) is 1.13. The summed E-state index contributed by atoms with van der Waals surface area (Å²) in [7, 11) is 7.84. The number of hydrogen-bond acceptors (Lipinski definition) is 3. The Labute approximate surface area is 130 Å². The van der Waals surface area contributed by atoms with Crippen LogP contribution in [0.4, 0.5) is 4.39 Å². The van der Waals surface area contributed by atoms with Crippen molar-refractivity contribution in [1.29, 1.82) is 0 Å². The number of benzene rings is 1. The summed E-state index contributed by atoms with van der Waals surface area (Å²) in [6.07, 6.45) is 2.31. The molecule has 2 rings (SSSR count). The molecule has 22 heavy (non-hydrogen) atoms. The van der Waals surface area contributed by atoms with Crippen LogP contribution >= 0.6 is 0 Å². The summed E-state index contributed by atoms with van der Waals surface area (Å²) in [6.45, 7) is 0.626. The molecule has 1 aromatic heterocycles. The molecule has 1 aromatic carbocycles. The van der Waals surface area contributed by atoms with E-state index >= 15 is 0 Å². The molecule has 0 bridgehead atoms. The molecule has 0 atom stereocenters. The quantitative estimate of drug-likeness (QED) is 0.643. The molecule has 118 valence electrons. The summed E-state index contributed by atoms with van der Waals surface area (Å²) in [6, 6.07) is 6.09. The van der Waals surface area contributed by atoms with Crippen LogP contribution in [-0.2, 0) is 6.42 Å². The van der Waals surface area contributed by atoms with Crippen molar-refractivity contribution in [2.24, 2.45) is 4.99 Å². The first kappa shape index (κ1) is 16.0. The summed E-state index contributed by atoms with van der Waals surface area (Å²) in [5.41, 5.74) is 1.60. The third kappa shape index (κ3) is 4.07. The highest BCUT2D eigenvalue weighted by molar-refractivity contribution is 5.79. The number of nitrogens with zero attached hydrogens (tertiary/aromatic N) is 4. The minimum atomic E-state index is -0.273. The highest BCUT2D eigenvalue weighted by Gasteiger charge is 2.08. The molecule has 1 heterocycles. The number of hydrogen-bond donors (Lipinski definition) is 0. The zero-order chi connectivity index (χ0) is 16.1. The predicted molar refractivity (Wildman–Crippen MR) is 85.3 cm³/mol. The van der Waals surface area contributed by atoms with Gasteiger partial charge in [0.1, 0.15) is 12.1 Å². The number of rotatable bonds is 4. The van der Waals surface area contributed by atoms with Crippen LogP contribution in [0.3, 0.4) is 0 Å². The molecule has 0 aliphatic heterocycles. The summed E-state index contributed by atoms with van der Waals surface area (Å²) in [5, 5.41) is 0. The third-order valence-corrected chi connectivity index (χ3v) is 3.06. The van der Waals surface area contributed by atoms with Gasteiger partial charge in [0, 0.05) is 46.7 Å². The van der Waals surface area contributed by atoms with Crippen LogP contribution in [0.1, 0.15) is 5.69 Å². The molecular weight excluding hydrogens is 283 g/mol. The van der Waals surface area contributed by atoms with Crippen molar-refractivity contribution in [2.75, 3.05) is 34.7 Å². The van der Waals surface area contributed by atoms with Gasteiger partial charge in [0.25, 0.3) is 0 Å². The molecule has 0 unspecified atom stereocenters. The van der Waals surface area contributed by atoms with Crippen LogP contribution < -0.4 is 0 Å². The van der Waals surface area contributed by atoms with Gasteiger partial charge < -0.3 is 14.2 Å². The van der Waals surface area contributed by atoms with E-state index in [1.165, 1.54) is 12.1 Å². The Morgan fingerprint density at radius 3 is 2.36 bits per heavy atom. The molecule has 6 heteroatoms. The Morgan fingerprint density at radius 2 is 1.77 bits per heavy atom. The second-order valence-corrected chi connectivity index (χ2v) is 5.37. The minimum Gasteiger partial charge on any atom is -0.444 e. The van der Waals surface area contributed by atoms with E-state index in [-0.39, 0.29) is 5.82 Å². The maximum absolute atomic E-state index is 12.9. The Bertz CT molecular complexity index is 622. The normalized spacial score (nSPS) is 10.4. The number of aliphatic imine (C=N–C) groups is 1. The zero-order valence-corrected chi connectivity index (χ0v) is 13.4. The molecule has 0 radical (unpaired) electrons. The zero-order valence-electron chi connectivity index (χ0n) is 13.4. The van der Waals surface area contributed by atoms with E-state index in [9.17, 15) is 4.39 Å². The van der Waals surface area contributed by atoms with E-state index in [1.54, 1.807) is 18.4 Å². The Hall–Kier alpha value is -2.37. The minimum absolute atomic E-state index is 0.273. The first-order valence-electron chi connectivity index (χ1n) is 7.07. The molecule has 0 saturated heterocycles. The van der Waals surface area contributed by atoms with E-state index in [0.717, 1.165) is 17.2 Å². The fourth-order valence-electron chi connectivity index (χ4n) is 2.10. The average molecular weight is 304 g/mol. The molecule has 0 fully saturated rings. The molecule has 0 amide bonds. The van der Waals surface area contributed by atoms with Gasteiger partial charge in [-0.15, -0.1) is 0 Å². The van der Waals surface area contributed by atoms with Gasteiger partial charge in [0.2, 0.25) is 5.89 Å². The highest BCUT2D eigenvalue weighted by atomic mass is 19.1. The van der Waals surface area contributed by atoms with Gasteiger partial charge >= 0.3 is 0 Å². The van der Waals surface area contributed by atoms with E-state index in [1.807, 2.05) is 38.0 Å². The fraction of sp³-hybridized carbons (Fsp3) is 0.375. The van der Waals surface area contributed by atoms with Crippen molar-refractivity contribution < 1.29 is 8.81 Å². The van der Waals surface area contributed by atoms with Crippen molar-refractivity contribution in [3.05, 3.63) is 42.0 Å². The first-order valence-corrected chi connectivity index (χ1v) is 7.07. The van der Waals surface area contributed by atoms with Crippen LogP contribution in [-0.4, -0.2) is 55.5 Å². The lowest BCUT2D eigenvalue weighted by atomic mass is 10.2. The smallest absolute Gasteiger partial charge is 0.226 e. The first-order chi connectivity index (χ1) is 10.5. The van der Waals surface area contributed by atoms with Gasteiger partial charge in [-0.2, -0.15) is 0 Å². The second-order valence-electron chi connectivity index (χ2n) is 5.37. The lowest BCUT2D eigenvalue weighted by molar-refractivity contribution is 0.479. The maximum atomic E-state index is 12.9. The van der Waals surface area contributed by atoms with Gasteiger partial charge in [-0.3, -0.25) is 4.99 Å². The van der Waals surface area contributed by atoms with Crippen molar-refractivity contribution in [3.63, 3.8) is 0 Å². The topological polar surface area (TPSA) is 44.9 Å². The van der Waals surface area contributed by atoms with Gasteiger partial charge in [0.15, 0.2) is 5.96 Å². The van der Waals surface area contributed by atoms with E-state index in [4.69, 9.17) is 4.42 Å². The van der Waals surface area contributed by atoms with Gasteiger partial charge in [0.05, 0.1) is 5.69 Å². The number of halogens is 1. The molecule has 0 saturated carbocycles. The predicted octanol–water partition coefficient (Wildman–Crippen LogP) is 2.50. The van der Waals surface area contributed by atoms with E-state index in [2.05, 4.69) is 9.98 Å². The van der Waals surface area contributed by atoms with Crippen LogP contribution in [0.15, 0.2) is 39.9 Å². The maximum Gasteiger partial charge on any atom is 0.226 e.